The van der Waals surface area contributed by atoms with Gasteiger partial charge in [0.2, 0.25) is 10.0 Å². The third kappa shape index (κ3) is 4.42. The zero-order valence-corrected chi connectivity index (χ0v) is 14.8. The third-order valence-corrected chi connectivity index (χ3v) is 5.33. The number of benzene rings is 2. The lowest BCUT2D eigenvalue weighted by Crippen LogP contribution is -2.41. The maximum Gasteiger partial charge on any atom is 0.238 e. The molecule has 0 aliphatic heterocycles. The van der Waals surface area contributed by atoms with Gasteiger partial charge in [0.15, 0.2) is 0 Å². The van der Waals surface area contributed by atoms with Gasteiger partial charge in [-0.1, -0.05) is 49.4 Å². The van der Waals surface area contributed by atoms with Crippen LogP contribution in [-0.2, 0) is 15.6 Å². The van der Waals surface area contributed by atoms with E-state index < -0.39 is 16.1 Å². The predicted octanol–water partition coefficient (Wildman–Crippen LogP) is 2.28. The Kier molecular flexibility index (Phi) is 5.77. The summed E-state index contributed by atoms with van der Waals surface area (Å²) in [4.78, 5) is 0.0917. The molecule has 2 atom stereocenters. The third-order valence-electron chi connectivity index (χ3n) is 4.40. The SMILES string of the molecule is CC[C@](C)(NC[C@@H](O)c1ccccc1)c1ccc(S(N)(=O)=O)cc1. The van der Waals surface area contributed by atoms with Crippen LogP contribution < -0.4 is 10.5 Å². The normalized spacial score (nSPS) is 15.7. The Morgan fingerprint density at radius 1 is 1.12 bits per heavy atom. The molecule has 0 fully saturated rings. The lowest BCUT2D eigenvalue weighted by molar-refractivity contribution is 0.157. The van der Waals surface area contributed by atoms with Crippen LogP contribution in [0.2, 0.25) is 0 Å². The van der Waals surface area contributed by atoms with Gasteiger partial charge < -0.3 is 10.4 Å². The van der Waals surface area contributed by atoms with E-state index in [0.717, 1.165) is 17.5 Å². The van der Waals surface area contributed by atoms with Gasteiger partial charge >= 0.3 is 0 Å². The molecule has 2 aromatic rings. The molecular weight excluding hydrogens is 324 g/mol. The monoisotopic (exact) mass is 348 g/mol. The summed E-state index contributed by atoms with van der Waals surface area (Å²) in [5.74, 6) is 0. The number of rotatable bonds is 7. The Bertz CT molecular complexity index is 761. The van der Waals surface area contributed by atoms with Gasteiger partial charge in [-0.15, -0.1) is 0 Å². The van der Waals surface area contributed by atoms with Crippen LogP contribution in [0.1, 0.15) is 37.5 Å². The number of hydrogen-bond acceptors (Lipinski definition) is 4. The molecule has 24 heavy (non-hydrogen) atoms. The number of primary sulfonamides is 1. The first kappa shape index (κ1) is 18.6. The fourth-order valence-corrected chi connectivity index (χ4v) is 3.07. The predicted molar refractivity (Wildman–Crippen MR) is 94.9 cm³/mol. The fraction of sp³-hybridized carbons (Fsp3) is 0.333. The van der Waals surface area contributed by atoms with Crippen molar-refractivity contribution in [2.45, 2.75) is 36.8 Å². The second-order valence-corrected chi connectivity index (χ2v) is 7.62. The minimum absolute atomic E-state index is 0.0917. The first-order valence-electron chi connectivity index (χ1n) is 7.87. The van der Waals surface area contributed by atoms with Gasteiger partial charge in [0.1, 0.15) is 0 Å². The summed E-state index contributed by atoms with van der Waals surface area (Å²) in [5, 5.41) is 18.8. The Labute approximate surface area is 143 Å². The van der Waals surface area contributed by atoms with E-state index in [2.05, 4.69) is 5.32 Å². The maximum absolute atomic E-state index is 11.4. The number of hydrogen-bond donors (Lipinski definition) is 3. The van der Waals surface area contributed by atoms with Crippen LogP contribution >= 0.6 is 0 Å². The van der Waals surface area contributed by atoms with Gasteiger partial charge in [-0.25, -0.2) is 13.6 Å². The lowest BCUT2D eigenvalue weighted by atomic mass is 9.89. The molecule has 6 heteroatoms. The minimum atomic E-state index is -3.69. The van der Waals surface area contributed by atoms with E-state index in [1.807, 2.05) is 44.2 Å². The average Bonchev–Trinajstić information content (AvgIpc) is 2.59. The van der Waals surface area contributed by atoms with E-state index in [9.17, 15) is 13.5 Å². The molecule has 0 unspecified atom stereocenters. The van der Waals surface area contributed by atoms with Gasteiger partial charge in [0.25, 0.3) is 0 Å². The summed E-state index contributed by atoms with van der Waals surface area (Å²) in [5.41, 5.74) is 1.41. The Hall–Kier alpha value is -1.73. The zero-order valence-electron chi connectivity index (χ0n) is 13.9. The molecule has 0 saturated heterocycles. The second kappa shape index (κ2) is 7.44. The Morgan fingerprint density at radius 3 is 2.21 bits per heavy atom. The lowest BCUT2D eigenvalue weighted by Gasteiger charge is -2.32. The number of nitrogens with two attached hydrogens (primary N) is 1. The summed E-state index contributed by atoms with van der Waals surface area (Å²) in [6, 6.07) is 16.0. The first-order valence-corrected chi connectivity index (χ1v) is 9.42. The van der Waals surface area contributed by atoms with Crippen molar-refractivity contribution in [2.24, 2.45) is 5.14 Å². The maximum atomic E-state index is 11.4. The van der Waals surface area contributed by atoms with Crippen molar-refractivity contribution in [2.75, 3.05) is 6.54 Å². The number of nitrogens with one attached hydrogen (secondary N) is 1. The molecule has 0 aliphatic rings. The molecule has 0 spiro atoms. The number of aliphatic hydroxyl groups is 1. The standard InChI is InChI=1S/C18H24N2O3S/c1-3-18(2,15-9-11-16(12-10-15)24(19,22)23)20-13-17(21)14-7-5-4-6-8-14/h4-12,17,20-21H,3,13H2,1-2H3,(H2,19,22,23)/t17-,18+/m1/s1. The molecule has 0 saturated carbocycles. The first-order chi connectivity index (χ1) is 11.3. The minimum Gasteiger partial charge on any atom is -0.387 e. The summed E-state index contributed by atoms with van der Waals surface area (Å²) >= 11 is 0. The number of sulfonamides is 1. The molecular formula is C18H24N2O3S. The van der Waals surface area contributed by atoms with E-state index in [1.54, 1.807) is 12.1 Å². The molecule has 2 aromatic carbocycles. The fourth-order valence-electron chi connectivity index (χ4n) is 2.56. The highest BCUT2D eigenvalue weighted by molar-refractivity contribution is 7.89. The van der Waals surface area contributed by atoms with Crippen molar-refractivity contribution in [3.63, 3.8) is 0 Å². The van der Waals surface area contributed by atoms with Crippen LogP contribution in [0.25, 0.3) is 0 Å². The van der Waals surface area contributed by atoms with Crippen LogP contribution in [0.4, 0.5) is 0 Å². The van der Waals surface area contributed by atoms with E-state index in [4.69, 9.17) is 5.14 Å². The summed E-state index contributed by atoms with van der Waals surface area (Å²) in [7, 11) is -3.69. The molecule has 0 heterocycles. The highest BCUT2D eigenvalue weighted by atomic mass is 32.2. The second-order valence-electron chi connectivity index (χ2n) is 6.06. The van der Waals surface area contributed by atoms with Crippen LogP contribution in [0.5, 0.6) is 0 Å². The molecule has 5 nitrogen and oxygen atoms in total. The van der Waals surface area contributed by atoms with Gasteiger partial charge in [-0.05, 0) is 36.6 Å². The van der Waals surface area contributed by atoms with Gasteiger partial charge in [-0.3, -0.25) is 0 Å². The molecule has 0 bridgehead atoms. The van der Waals surface area contributed by atoms with Gasteiger partial charge in [0.05, 0.1) is 11.0 Å². The zero-order chi connectivity index (χ0) is 17.8. The van der Waals surface area contributed by atoms with Gasteiger partial charge in [0, 0.05) is 12.1 Å². The van der Waals surface area contributed by atoms with E-state index in [0.29, 0.717) is 6.54 Å². The molecule has 0 amide bonds. The largest absolute Gasteiger partial charge is 0.387 e. The molecule has 4 N–H and O–H groups in total. The number of aliphatic hydroxyl groups excluding tert-OH is 1. The van der Waals surface area contributed by atoms with E-state index in [1.165, 1.54) is 12.1 Å². The van der Waals surface area contributed by atoms with Crippen molar-refractivity contribution < 1.29 is 13.5 Å². The summed E-state index contributed by atoms with van der Waals surface area (Å²) < 4.78 is 22.7. The molecule has 0 aromatic heterocycles. The quantitative estimate of drug-likeness (QED) is 0.716. The highest BCUT2D eigenvalue weighted by Crippen LogP contribution is 2.26. The molecule has 0 radical (unpaired) electrons. The van der Waals surface area contributed by atoms with Crippen LogP contribution in [0, 0.1) is 0 Å². The van der Waals surface area contributed by atoms with Crippen molar-refractivity contribution in [3.8, 4) is 0 Å². The van der Waals surface area contributed by atoms with E-state index >= 15 is 0 Å². The summed E-state index contributed by atoms with van der Waals surface area (Å²) in [6.07, 6.45) is 0.171. The van der Waals surface area contributed by atoms with Crippen molar-refractivity contribution >= 4 is 10.0 Å². The highest BCUT2D eigenvalue weighted by Gasteiger charge is 2.25. The summed E-state index contributed by atoms with van der Waals surface area (Å²) in [6.45, 7) is 4.46. The van der Waals surface area contributed by atoms with Crippen molar-refractivity contribution in [1.29, 1.82) is 0 Å². The topological polar surface area (TPSA) is 92.4 Å². The van der Waals surface area contributed by atoms with E-state index in [-0.39, 0.29) is 10.4 Å². The average molecular weight is 348 g/mol. The molecule has 0 aliphatic carbocycles. The molecule has 2 rings (SSSR count). The van der Waals surface area contributed by atoms with Crippen LogP contribution in [0.3, 0.4) is 0 Å². The van der Waals surface area contributed by atoms with Crippen molar-refractivity contribution in [1.82, 2.24) is 5.32 Å². The van der Waals surface area contributed by atoms with Crippen LogP contribution in [0.15, 0.2) is 59.5 Å². The van der Waals surface area contributed by atoms with Crippen molar-refractivity contribution in [3.05, 3.63) is 65.7 Å². The van der Waals surface area contributed by atoms with Gasteiger partial charge in [-0.2, -0.15) is 0 Å². The smallest absolute Gasteiger partial charge is 0.238 e. The Morgan fingerprint density at radius 2 is 1.71 bits per heavy atom. The Balaban J connectivity index is 2.13. The van der Waals surface area contributed by atoms with Crippen LogP contribution in [-0.4, -0.2) is 20.1 Å². The molecule has 130 valence electrons.